The molecule has 76 valence electrons. The largest absolute Gasteiger partial charge is 0.309 e. The fraction of sp³-hybridized carbons (Fsp3) is 0.727. The predicted octanol–water partition coefficient (Wildman–Crippen LogP) is 1.61. The fourth-order valence-electron chi connectivity index (χ4n) is 2.91. The molecular formula is C11H17N3. The molecule has 14 heavy (non-hydrogen) atoms. The lowest BCUT2D eigenvalue weighted by Gasteiger charge is -2.05. The van der Waals surface area contributed by atoms with Crippen LogP contribution in [0, 0.1) is 18.8 Å². The van der Waals surface area contributed by atoms with E-state index in [1.807, 2.05) is 6.20 Å². The Morgan fingerprint density at radius 2 is 2.29 bits per heavy atom. The zero-order valence-corrected chi connectivity index (χ0v) is 8.59. The van der Waals surface area contributed by atoms with E-state index in [2.05, 4.69) is 22.4 Å². The molecule has 0 aromatic carbocycles. The average molecular weight is 191 g/mol. The van der Waals surface area contributed by atoms with Crippen molar-refractivity contribution in [3.63, 3.8) is 0 Å². The van der Waals surface area contributed by atoms with Crippen LogP contribution in [-0.2, 0) is 6.54 Å². The Morgan fingerprint density at radius 3 is 2.93 bits per heavy atom. The molecule has 2 N–H and O–H groups in total. The Balaban J connectivity index is 1.54. The van der Waals surface area contributed by atoms with Gasteiger partial charge < -0.3 is 5.32 Å². The van der Waals surface area contributed by atoms with Crippen molar-refractivity contribution >= 4 is 0 Å². The van der Waals surface area contributed by atoms with Crippen LogP contribution < -0.4 is 5.32 Å². The molecule has 0 bridgehead atoms. The first-order valence-corrected chi connectivity index (χ1v) is 5.58. The predicted molar refractivity (Wildman–Crippen MR) is 54.8 cm³/mol. The van der Waals surface area contributed by atoms with Crippen molar-refractivity contribution in [1.82, 2.24) is 15.5 Å². The molecule has 3 heteroatoms. The summed E-state index contributed by atoms with van der Waals surface area (Å²) < 4.78 is 0. The zero-order chi connectivity index (χ0) is 9.54. The topological polar surface area (TPSA) is 40.7 Å². The molecular weight excluding hydrogens is 174 g/mol. The molecule has 2 aliphatic rings. The van der Waals surface area contributed by atoms with Gasteiger partial charge in [0.25, 0.3) is 0 Å². The summed E-state index contributed by atoms with van der Waals surface area (Å²) in [6, 6.07) is 0.818. The molecule has 2 aliphatic carbocycles. The standard InChI is InChI=1S/C11H17N3/c1-7-8(6-13-14-7)5-12-11-9-3-2-4-10(9)11/h6,9-12H,2-5H2,1H3,(H,13,14). The Kier molecular flexibility index (Phi) is 1.87. The van der Waals surface area contributed by atoms with Crippen LogP contribution in [0.3, 0.4) is 0 Å². The summed E-state index contributed by atoms with van der Waals surface area (Å²) in [7, 11) is 0. The zero-order valence-electron chi connectivity index (χ0n) is 8.59. The van der Waals surface area contributed by atoms with Crippen LogP contribution in [0.4, 0.5) is 0 Å². The summed E-state index contributed by atoms with van der Waals surface area (Å²) >= 11 is 0. The maximum Gasteiger partial charge on any atom is 0.0535 e. The van der Waals surface area contributed by atoms with Crippen LogP contribution in [0.5, 0.6) is 0 Å². The number of nitrogens with one attached hydrogen (secondary N) is 2. The molecule has 2 unspecified atom stereocenters. The van der Waals surface area contributed by atoms with Gasteiger partial charge in [-0.25, -0.2) is 0 Å². The van der Waals surface area contributed by atoms with Crippen LogP contribution in [0.25, 0.3) is 0 Å². The highest BCUT2D eigenvalue weighted by atomic mass is 15.1. The maximum absolute atomic E-state index is 4.03. The molecule has 2 saturated carbocycles. The second-order valence-electron chi connectivity index (χ2n) is 4.69. The number of rotatable bonds is 3. The molecule has 2 atom stereocenters. The summed E-state index contributed by atoms with van der Waals surface area (Å²) in [6.45, 7) is 3.07. The molecule has 0 saturated heterocycles. The van der Waals surface area contributed by atoms with Crippen LogP contribution >= 0.6 is 0 Å². The van der Waals surface area contributed by atoms with Crippen molar-refractivity contribution in [1.29, 1.82) is 0 Å². The average Bonchev–Trinajstić information content (AvgIpc) is 2.57. The van der Waals surface area contributed by atoms with Crippen LogP contribution in [-0.4, -0.2) is 16.2 Å². The normalized spacial score (nSPS) is 34.5. The van der Waals surface area contributed by atoms with Gasteiger partial charge in [-0.15, -0.1) is 0 Å². The molecule has 3 nitrogen and oxygen atoms in total. The van der Waals surface area contributed by atoms with Crippen LogP contribution in [0.15, 0.2) is 6.20 Å². The SMILES string of the molecule is Cc1[nH]ncc1CNC1C2CCCC21. The molecule has 2 fully saturated rings. The third kappa shape index (κ3) is 1.27. The Hall–Kier alpha value is -0.830. The van der Waals surface area contributed by atoms with Crippen LogP contribution in [0.1, 0.15) is 30.5 Å². The van der Waals surface area contributed by atoms with Gasteiger partial charge in [-0.3, -0.25) is 5.10 Å². The highest BCUT2D eigenvalue weighted by molar-refractivity contribution is 5.15. The Labute approximate surface area is 84.3 Å². The smallest absolute Gasteiger partial charge is 0.0535 e. The van der Waals surface area contributed by atoms with Gasteiger partial charge in [0, 0.05) is 23.8 Å². The second kappa shape index (κ2) is 3.09. The van der Waals surface area contributed by atoms with Crippen molar-refractivity contribution in [2.45, 2.75) is 38.8 Å². The minimum absolute atomic E-state index is 0.818. The van der Waals surface area contributed by atoms with E-state index in [0.717, 1.165) is 24.4 Å². The number of hydrogen-bond donors (Lipinski definition) is 2. The van der Waals surface area contributed by atoms with Gasteiger partial charge in [0.2, 0.25) is 0 Å². The third-order valence-corrected chi connectivity index (χ3v) is 3.87. The summed E-state index contributed by atoms with van der Waals surface area (Å²) in [5.74, 6) is 2.00. The maximum atomic E-state index is 4.03. The van der Waals surface area contributed by atoms with Crippen molar-refractivity contribution in [2.75, 3.05) is 0 Å². The monoisotopic (exact) mass is 191 g/mol. The van der Waals surface area contributed by atoms with Gasteiger partial charge in [-0.05, 0) is 31.6 Å². The van der Waals surface area contributed by atoms with Gasteiger partial charge >= 0.3 is 0 Å². The van der Waals surface area contributed by atoms with E-state index < -0.39 is 0 Å². The second-order valence-corrected chi connectivity index (χ2v) is 4.69. The van der Waals surface area contributed by atoms with E-state index in [1.165, 1.54) is 30.5 Å². The van der Waals surface area contributed by atoms with Crippen molar-refractivity contribution in [3.05, 3.63) is 17.5 Å². The lowest BCUT2D eigenvalue weighted by molar-refractivity contribution is 0.559. The summed E-state index contributed by atoms with van der Waals surface area (Å²) in [5, 5.41) is 10.6. The molecule has 0 radical (unpaired) electrons. The van der Waals surface area contributed by atoms with E-state index in [0.29, 0.717) is 0 Å². The number of aryl methyl sites for hydroxylation is 1. The summed E-state index contributed by atoms with van der Waals surface area (Å²) in [4.78, 5) is 0. The lowest BCUT2D eigenvalue weighted by Crippen LogP contribution is -2.20. The van der Waals surface area contributed by atoms with E-state index in [-0.39, 0.29) is 0 Å². The molecule has 3 rings (SSSR count). The quantitative estimate of drug-likeness (QED) is 0.762. The van der Waals surface area contributed by atoms with E-state index in [1.54, 1.807) is 0 Å². The van der Waals surface area contributed by atoms with Crippen LogP contribution in [0.2, 0.25) is 0 Å². The number of H-pyrrole nitrogens is 1. The van der Waals surface area contributed by atoms with Gasteiger partial charge in [-0.1, -0.05) is 6.42 Å². The summed E-state index contributed by atoms with van der Waals surface area (Å²) in [5.41, 5.74) is 2.51. The Bertz CT molecular complexity index is 321. The number of aromatic nitrogens is 2. The highest BCUT2D eigenvalue weighted by Gasteiger charge is 2.51. The molecule has 0 amide bonds. The minimum Gasteiger partial charge on any atom is -0.309 e. The van der Waals surface area contributed by atoms with E-state index in [4.69, 9.17) is 0 Å². The van der Waals surface area contributed by atoms with E-state index in [9.17, 15) is 0 Å². The van der Waals surface area contributed by atoms with Gasteiger partial charge in [0.15, 0.2) is 0 Å². The number of fused-ring (bicyclic) bond motifs is 1. The first-order valence-electron chi connectivity index (χ1n) is 5.58. The third-order valence-electron chi connectivity index (χ3n) is 3.87. The van der Waals surface area contributed by atoms with Gasteiger partial charge in [-0.2, -0.15) is 5.10 Å². The number of hydrogen-bond acceptors (Lipinski definition) is 2. The molecule has 0 spiro atoms. The molecule has 0 aliphatic heterocycles. The first kappa shape index (κ1) is 8.48. The number of aromatic amines is 1. The number of nitrogens with zero attached hydrogens (tertiary/aromatic N) is 1. The Morgan fingerprint density at radius 1 is 1.50 bits per heavy atom. The minimum atomic E-state index is 0.818. The van der Waals surface area contributed by atoms with Crippen molar-refractivity contribution in [2.24, 2.45) is 11.8 Å². The first-order chi connectivity index (χ1) is 6.86. The van der Waals surface area contributed by atoms with Gasteiger partial charge in [0.05, 0.1) is 6.20 Å². The molecule has 1 heterocycles. The van der Waals surface area contributed by atoms with Crippen molar-refractivity contribution in [3.8, 4) is 0 Å². The lowest BCUT2D eigenvalue weighted by atomic mass is 10.2. The molecule has 1 aromatic heterocycles. The van der Waals surface area contributed by atoms with E-state index >= 15 is 0 Å². The highest BCUT2D eigenvalue weighted by Crippen LogP contribution is 2.51. The van der Waals surface area contributed by atoms with Gasteiger partial charge in [0.1, 0.15) is 0 Å². The fourth-order valence-corrected chi connectivity index (χ4v) is 2.91. The molecule has 1 aromatic rings. The van der Waals surface area contributed by atoms with Crippen molar-refractivity contribution < 1.29 is 0 Å². The summed E-state index contributed by atoms with van der Waals surface area (Å²) in [6.07, 6.45) is 6.29.